The minimum Gasteiger partial charge on any atom is -0.0802 e. The Morgan fingerprint density at radius 2 is 1.52 bits per heavy atom. The molecule has 0 N–H and O–H groups in total. The number of benzene rings is 1. The second-order valence-corrected chi connectivity index (χ2v) is 8.97. The fraction of sp³-hybridized carbons (Fsp3) is 0.630. The Kier molecular flexibility index (Phi) is 8.72. The van der Waals surface area contributed by atoms with Gasteiger partial charge in [0.2, 0.25) is 0 Å². The molecule has 0 spiro atoms. The van der Waals surface area contributed by atoms with E-state index in [0.717, 1.165) is 17.8 Å². The molecule has 0 heterocycles. The quantitative estimate of drug-likeness (QED) is 0.365. The van der Waals surface area contributed by atoms with Gasteiger partial charge in [0, 0.05) is 0 Å². The number of allylic oxidation sites excluding steroid dienone is 4. The molecule has 0 radical (unpaired) electrons. The van der Waals surface area contributed by atoms with Crippen molar-refractivity contribution in [2.45, 2.75) is 90.4 Å². The van der Waals surface area contributed by atoms with Gasteiger partial charge >= 0.3 is 0 Å². The van der Waals surface area contributed by atoms with E-state index in [1.807, 2.05) is 0 Å². The van der Waals surface area contributed by atoms with Crippen LogP contribution in [0.4, 0.5) is 0 Å². The van der Waals surface area contributed by atoms with Crippen LogP contribution >= 0.6 is 0 Å². The number of unbranched alkanes of at least 4 members (excludes halogenated alkanes) is 6. The summed E-state index contributed by atoms with van der Waals surface area (Å²) in [4.78, 5) is 0. The first kappa shape index (κ1) is 20.4. The van der Waals surface area contributed by atoms with Gasteiger partial charge in [0.1, 0.15) is 0 Å². The normalized spacial score (nSPS) is 25.4. The zero-order valence-electron chi connectivity index (χ0n) is 17.5. The molecule has 1 saturated carbocycles. The molecule has 148 valence electrons. The van der Waals surface area contributed by atoms with E-state index < -0.39 is 0 Å². The maximum absolute atomic E-state index is 2.52. The molecule has 2 aliphatic carbocycles. The van der Waals surface area contributed by atoms with Crippen molar-refractivity contribution in [2.75, 3.05) is 0 Å². The summed E-state index contributed by atoms with van der Waals surface area (Å²) in [6, 6.07) is 10.8. The Morgan fingerprint density at radius 3 is 2.19 bits per heavy atom. The second-order valence-electron chi connectivity index (χ2n) is 8.97. The van der Waals surface area contributed by atoms with Crippen LogP contribution in [0.1, 0.15) is 96.0 Å². The average Bonchev–Trinajstić information content (AvgIpc) is 2.74. The SMILES string of the molecule is CCCCCCCCCC1CCC(C2C=CC(c3ccccc3)=CC2)CC1. The molecule has 1 atom stereocenters. The van der Waals surface area contributed by atoms with Crippen molar-refractivity contribution in [3.8, 4) is 0 Å². The van der Waals surface area contributed by atoms with Crippen LogP contribution < -0.4 is 0 Å². The lowest BCUT2D eigenvalue weighted by Gasteiger charge is -2.33. The molecule has 1 aromatic carbocycles. The molecule has 1 aromatic rings. The van der Waals surface area contributed by atoms with Gasteiger partial charge in [-0.25, -0.2) is 0 Å². The first-order valence-corrected chi connectivity index (χ1v) is 11.8. The molecule has 0 nitrogen and oxygen atoms in total. The summed E-state index contributed by atoms with van der Waals surface area (Å²) in [5.74, 6) is 2.75. The fourth-order valence-electron chi connectivity index (χ4n) is 5.13. The molecule has 0 saturated heterocycles. The van der Waals surface area contributed by atoms with Crippen molar-refractivity contribution in [2.24, 2.45) is 17.8 Å². The van der Waals surface area contributed by atoms with Crippen molar-refractivity contribution >= 4 is 5.57 Å². The molecule has 1 fully saturated rings. The van der Waals surface area contributed by atoms with Gasteiger partial charge in [-0.2, -0.15) is 0 Å². The van der Waals surface area contributed by atoms with Crippen molar-refractivity contribution in [1.82, 2.24) is 0 Å². The Balaban J connectivity index is 1.31. The minimum absolute atomic E-state index is 0.789. The van der Waals surface area contributed by atoms with Crippen LogP contribution in [-0.2, 0) is 0 Å². The van der Waals surface area contributed by atoms with Crippen LogP contribution in [0.15, 0.2) is 48.6 Å². The van der Waals surface area contributed by atoms with Gasteiger partial charge in [-0.15, -0.1) is 0 Å². The molecule has 3 rings (SSSR count). The van der Waals surface area contributed by atoms with Crippen molar-refractivity contribution in [1.29, 1.82) is 0 Å². The highest BCUT2D eigenvalue weighted by Gasteiger charge is 2.26. The molecule has 0 amide bonds. The molecule has 27 heavy (non-hydrogen) atoms. The molecule has 0 heteroatoms. The predicted molar refractivity (Wildman–Crippen MR) is 120 cm³/mol. The Bertz CT molecular complexity index is 571. The molecule has 0 aliphatic heterocycles. The van der Waals surface area contributed by atoms with E-state index in [4.69, 9.17) is 0 Å². The third-order valence-electron chi connectivity index (χ3n) is 6.95. The summed E-state index contributed by atoms with van der Waals surface area (Å²) in [7, 11) is 0. The van der Waals surface area contributed by atoms with Gasteiger partial charge < -0.3 is 0 Å². The van der Waals surface area contributed by atoms with Gasteiger partial charge in [0.05, 0.1) is 0 Å². The van der Waals surface area contributed by atoms with E-state index in [0.29, 0.717) is 0 Å². The van der Waals surface area contributed by atoms with E-state index in [2.05, 4.69) is 55.5 Å². The summed E-state index contributed by atoms with van der Waals surface area (Å²) in [6.45, 7) is 2.30. The highest BCUT2D eigenvalue weighted by atomic mass is 14.3. The van der Waals surface area contributed by atoms with E-state index in [1.165, 1.54) is 94.6 Å². The van der Waals surface area contributed by atoms with Crippen molar-refractivity contribution in [3.05, 3.63) is 54.1 Å². The Labute approximate surface area is 168 Å². The lowest BCUT2D eigenvalue weighted by molar-refractivity contribution is 0.218. The first-order valence-electron chi connectivity index (χ1n) is 11.8. The first-order chi connectivity index (χ1) is 13.4. The van der Waals surface area contributed by atoms with Crippen LogP contribution in [0.5, 0.6) is 0 Å². The number of hydrogen-bond acceptors (Lipinski definition) is 0. The van der Waals surface area contributed by atoms with Crippen LogP contribution in [0.25, 0.3) is 5.57 Å². The Hall–Kier alpha value is -1.30. The van der Waals surface area contributed by atoms with Gasteiger partial charge in [-0.3, -0.25) is 0 Å². The standard InChI is InChI=1S/C27H40/c1-2-3-4-5-6-7-9-12-23-15-17-25(18-16-23)27-21-19-26(20-22-27)24-13-10-8-11-14-24/h8,10-11,13-14,19-21,23,25,27H,2-7,9,12,15-18,22H2,1H3. The summed E-state index contributed by atoms with van der Waals surface area (Å²) in [6.07, 6.45) is 26.2. The van der Waals surface area contributed by atoms with Crippen LogP contribution in [-0.4, -0.2) is 0 Å². The summed E-state index contributed by atoms with van der Waals surface area (Å²) in [5, 5.41) is 0. The predicted octanol–water partition coefficient (Wildman–Crippen LogP) is 8.59. The Morgan fingerprint density at radius 1 is 0.815 bits per heavy atom. The smallest absolute Gasteiger partial charge is 0.0167 e. The van der Waals surface area contributed by atoms with Crippen LogP contribution in [0, 0.1) is 17.8 Å². The van der Waals surface area contributed by atoms with Crippen molar-refractivity contribution in [3.63, 3.8) is 0 Å². The third-order valence-corrected chi connectivity index (χ3v) is 6.95. The van der Waals surface area contributed by atoms with E-state index >= 15 is 0 Å². The lowest BCUT2D eigenvalue weighted by Crippen LogP contribution is -2.21. The molecule has 1 unspecified atom stereocenters. The summed E-state index contributed by atoms with van der Waals surface area (Å²) in [5.41, 5.74) is 2.78. The lowest BCUT2D eigenvalue weighted by atomic mass is 9.72. The second kappa shape index (κ2) is 11.5. The highest BCUT2D eigenvalue weighted by molar-refractivity contribution is 5.74. The molecule has 0 bridgehead atoms. The topological polar surface area (TPSA) is 0 Å². The fourth-order valence-corrected chi connectivity index (χ4v) is 5.13. The van der Waals surface area contributed by atoms with E-state index in [9.17, 15) is 0 Å². The molecule has 0 aromatic heterocycles. The largest absolute Gasteiger partial charge is 0.0802 e. The van der Waals surface area contributed by atoms with Gasteiger partial charge in [-0.05, 0) is 48.2 Å². The van der Waals surface area contributed by atoms with Gasteiger partial charge in [0.15, 0.2) is 0 Å². The van der Waals surface area contributed by atoms with E-state index in [-0.39, 0.29) is 0 Å². The summed E-state index contributed by atoms with van der Waals surface area (Å²) < 4.78 is 0. The van der Waals surface area contributed by atoms with Crippen molar-refractivity contribution < 1.29 is 0 Å². The molecule has 2 aliphatic rings. The number of rotatable bonds is 10. The zero-order valence-corrected chi connectivity index (χ0v) is 17.5. The maximum atomic E-state index is 2.52. The molecular weight excluding hydrogens is 324 g/mol. The minimum atomic E-state index is 0.789. The van der Waals surface area contributed by atoms with Gasteiger partial charge in [-0.1, -0.05) is 120 Å². The maximum Gasteiger partial charge on any atom is -0.0167 e. The highest BCUT2D eigenvalue weighted by Crippen LogP contribution is 2.39. The summed E-state index contributed by atoms with van der Waals surface area (Å²) >= 11 is 0. The van der Waals surface area contributed by atoms with Gasteiger partial charge in [0.25, 0.3) is 0 Å². The molecular formula is C27H40. The third kappa shape index (κ3) is 6.66. The zero-order chi connectivity index (χ0) is 18.7. The monoisotopic (exact) mass is 364 g/mol. The van der Waals surface area contributed by atoms with Crippen LogP contribution in [0.2, 0.25) is 0 Å². The van der Waals surface area contributed by atoms with Crippen LogP contribution in [0.3, 0.4) is 0 Å². The van der Waals surface area contributed by atoms with E-state index in [1.54, 1.807) is 0 Å². The average molecular weight is 365 g/mol. The number of hydrogen-bond donors (Lipinski definition) is 0.